The Hall–Kier alpha value is -2.30. The third kappa shape index (κ3) is 4.91. The predicted molar refractivity (Wildman–Crippen MR) is 91.2 cm³/mol. The minimum atomic E-state index is 0.435. The summed E-state index contributed by atoms with van der Waals surface area (Å²) in [6.07, 6.45) is 3.74. The van der Waals surface area contributed by atoms with Gasteiger partial charge in [-0.2, -0.15) is 5.10 Å². The molecule has 2 aromatic rings. The number of aryl methyl sites for hydroxylation is 1. The molecule has 0 aliphatic heterocycles. The lowest BCUT2D eigenvalue weighted by molar-refractivity contribution is 0.595. The molecule has 0 spiro atoms. The molecular weight excluding hydrogens is 274 g/mol. The molecule has 0 saturated carbocycles. The van der Waals surface area contributed by atoms with E-state index >= 15 is 0 Å². The first kappa shape index (κ1) is 16.1. The Labute approximate surface area is 132 Å². The Morgan fingerprint density at radius 2 is 2.18 bits per heavy atom. The summed E-state index contributed by atoms with van der Waals surface area (Å²) in [6.45, 7) is 6.81. The van der Waals surface area contributed by atoms with E-state index in [2.05, 4.69) is 58.8 Å². The fourth-order valence-electron chi connectivity index (χ4n) is 2.29. The van der Waals surface area contributed by atoms with Crippen LogP contribution in [0.4, 0.5) is 0 Å². The number of hydrogen-bond donors (Lipinski definition) is 2. The number of guanidine groups is 1. The second kappa shape index (κ2) is 8.22. The van der Waals surface area contributed by atoms with Crippen molar-refractivity contribution in [3.63, 3.8) is 0 Å². The van der Waals surface area contributed by atoms with E-state index in [4.69, 9.17) is 0 Å². The van der Waals surface area contributed by atoms with E-state index in [1.807, 2.05) is 16.9 Å². The number of aromatic nitrogens is 2. The summed E-state index contributed by atoms with van der Waals surface area (Å²) in [4.78, 5) is 4.25. The molecule has 0 saturated heterocycles. The number of rotatable bonds is 6. The Morgan fingerprint density at radius 3 is 2.86 bits per heavy atom. The molecule has 5 nitrogen and oxygen atoms in total. The van der Waals surface area contributed by atoms with Gasteiger partial charge in [-0.05, 0) is 24.5 Å². The Balaban J connectivity index is 1.76. The highest BCUT2D eigenvalue weighted by Gasteiger charge is 2.06. The highest BCUT2D eigenvalue weighted by atomic mass is 15.3. The zero-order valence-electron chi connectivity index (χ0n) is 13.6. The van der Waals surface area contributed by atoms with Crippen LogP contribution in [0, 0.1) is 6.92 Å². The summed E-state index contributed by atoms with van der Waals surface area (Å²) in [7, 11) is 1.79. The van der Waals surface area contributed by atoms with Gasteiger partial charge in [-0.15, -0.1) is 0 Å². The average Bonchev–Trinajstić information content (AvgIpc) is 3.03. The van der Waals surface area contributed by atoms with E-state index < -0.39 is 0 Å². The molecule has 0 amide bonds. The smallest absolute Gasteiger partial charge is 0.191 e. The van der Waals surface area contributed by atoms with Crippen molar-refractivity contribution in [2.75, 3.05) is 20.1 Å². The molecule has 0 aliphatic carbocycles. The van der Waals surface area contributed by atoms with Crippen LogP contribution in [-0.4, -0.2) is 35.9 Å². The number of hydrogen-bond acceptors (Lipinski definition) is 2. The fourth-order valence-corrected chi connectivity index (χ4v) is 2.29. The standard InChI is InChI=1S/C17H25N5/c1-14-6-4-7-16(12-14)15(2)13-20-17(18-3)19-9-11-22-10-5-8-21-22/h4-8,10,12,15H,9,11,13H2,1-3H3,(H2,18,19,20). The molecule has 1 unspecified atom stereocenters. The first-order valence-corrected chi connectivity index (χ1v) is 7.67. The lowest BCUT2D eigenvalue weighted by Gasteiger charge is -2.16. The molecule has 1 aromatic heterocycles. The minimum absolute atomic E-state index is 0.435. The summed E-state index contributed by atoms with van der Waals surface area (Å²) in [5.41, 5.74) is 2.64. The molecule has 22 heavy (non-hydrogen) atoms. The summed E-state index contributed by atoms with van der Waals surface area (Å²) >= 11 is 0. The Bertz CT molecular complexity index is 589. The van der Waals surface area contributed by atoms with Gasteiger partial charge in [0.25, 0.3) is 0 Å². The van der Waals surface area contributed by atoms with Crippen molar-refractivity contribution in [2.24, 2.45) is 4.99 Å². The molecule has 0 aliphatic rings. The minimum Gasteiger partial charge on any atom is -0.356 e. The molecule has 118 valence electrons. The summed E-state index contributed by atoms with van der Waals surface area (Å²) in [6, 6.07) is 10.6. The van der Waals surface area contributed by atoms with Gasteiger partial charge in [-0.25, -0.2) is 0 Å². The van der Waals surface area contributed by atoms with Gasteiger partial charge in [0.2, 0.25) is 0 Å². The number of benzene rings is 1. The maximum atomic E-state index is 4.25. The van der Waals surface area contributed by atoms with Gasteiger partial charge < -0.3 is 10.6 Å². The van der Waals surface area contributed by atoms with Gasteiger partial charge in [-0.1, -0.05) is 36.8 Å². The molecule has 0 fully saturated rings. The average molecular weight is 299 g/mol. The van der Waals surface area contributed by atoms with Gasteiger partial charge in [0.1, 0.15) is 0 Å². The van der Waals surface area contributed by atoms with Crippen LogP contribution in [0.2, 0.25) is 0 Å². The SMILES string of the molecule is CN=C(NCCn1cccn1)NCC(C)c1cccc(C)c1. The van der Waals surface area contributed by atoms with Crippen molar-refractivity contribution in [1.82, 2.24) is 20.4 Å². The van der Waals surface area contributed by atoms with Crippen LogP contribution in [0.5, 0.6) is 0 Å². The summed E-state index contributed by atoms with van der Waals surface area (Å²) in [5.74, 6) is 1.26. The third-order valence-electron chi connectivity index (χ3n) is 3.60. The zero-order valence-corrected chi connectivity index (χ0v) is 13.6. The quantitative estimate of drug-likeness (QED) is 0.635. The maximum Gasteiger partial charge on any atom is 0.191 e. The third-order valence-corrected chi connectivity index (χ3v) is 3.60. The summed E-state index contributed by atoms with van der Waals surface area (Å²) in [5, 5.41) is 10.9. The van der Waals surface area contributed by atoms with Crippen LogP contribution in [0.15, 0.2) is 47.7 Å². The molecule has 1 atom stereocenters. The van der Waals surface area contributed by atoms with E-state index in [0.717, 1.165) is 25.6 Å². The van der Waals surface area contributed by atoms with Gasteiger partial charge in [-0.3, -0.25) is 9.67 Å². The summed E-state index contributed by atoms with van der Waals surface area (Å²) < 4.78 is 1.90. The molecule has 0 radical (unpaired) electrons. The highest BCUT2D eigenvalue weighted by Crippen LogP contribution is 2.15. The van der Waals surface area contributed by atoms with Gasteiger partial charge in [0, 0.05) is 32.5 Å². The molecule has 2 rings (SSSR count). The second-order valence-corrected chi connectivity index (χ2v) is 5.46. The number of aliphatic imine (C=N–C) groups is 1. The Kier molecular flexibility index (Phi) is 6.01. The second-order valence-electron chi connectivity index (χ2n) is 5.46. The van der Waals surface area contributed by atoms with E-state index in [1.165, 1.54) is 11.1 Å². The monoisotopic (exact) mass is 299 g/mol. The van der Waals surface area contributed by atoms with Crippen LogP contribution in [0.1, 0.15) is 24.0 Å². The van der Waals surface area contributed by atoms with Crippen molar-refractivity contribution in [3.8, 4) is 0 Å². The molecule has 2 N–H and O–H groups in total. The van der Waals surface area contributed by atoms with Gasteiger partial charge >= 0.3 is 0 Å². The van der Waals surface area contributed by atoms with E-state index in [-0.39, 0.29) is 0 Å². The van der Waals surface area contributed by atoms with Crippen molar-refractivity contribution in [1.29, 1.82) is 0 Å². The van der Waals surface area contributed by atoms with E-state index in [0.29, 0.717) is 5.92 Å². The van der Waals surface area contributed by atoms with Crippen molar-refractivity contribution in [3.05, 3.63) is 53.9 Å². The molecule has 5 heteroatoms. The lowest BCUT2D eigenvalue weighted by Crippen LogP contribution is -2.40. The zero-order chi connectivity index (χ0) is 15.8. The predicted octanol–water partition coefficient (Wildman–Crippen LogP) is 2.16. The molecule has 0 bridgehead atoms. The molecule has 1 heterocycles. The van der Waals surface area contributed by atoms with Crippen LogP contribution in [0.3, 0.4) is 0 Å². The van der Waals surface area contributed by atoms with E-state index in [9.17, 15) is 0 Å². The van der Waals surface area contributed by atoms with Crippen LogP contribution < -0.4 is 10.6 Å². The van der Waals surface area contributed by atoms with E-state index in [1.54, 1.807) is 13.2 Å². The molecule has 1 aromatic carbocycles. The fraction of sp³-hybridized carbons (Fsp3) is 0.412. The highest BCUT2D eigenvalue weighted by molar-refractivity contribution is 5.79. The lowest BCUT2D eigenvalue weighted by atomic mass is 9.99. The largest absolute Gasteiger partial charge is 0.356 e. The van der Waals surface area contributed by atoms with Crippen LogP contribution in [-0.2, 0) is 6.54 Å². The van der Waals surface area contributed by atoms with Gasteiger partial charge in [0.15, 0.2) is 5.96 Å². The normalized spacial score (nSPS) is 13.0. The van der Waals surface area contributed by atoms with Crippen LogP contribution in [0.25, 0.3) is 0 Å². The maximum absolute atomic E-state index is 4.25. The van der Waals surface area contributed by atoms with Gasteiger partial charge in [0.05, 0.1) is 6.54 Å². The number of nitrogens with zero attached hydrogens (tertiary/aromatic N) is 3. The Morgan fingerprint density at radius 1 is 1.32 bits per heavy atom. The van der Waals surface area contributed by atoms with Crippen molar-refractivity contribution < 1.29 is 0 Å². The first-order chi connectivity index (χ1) is 10.7. The topological polar surface area (TPSA) is 54.2 Å². The molecular formula is C17H25N5. The van der Waals surface area contributed by atoms with Crippen molar-refractivity contribution in [2.45, 2.75) is 26.3 Å². The number of nitrogens with one attached hydrogen (secondary N) is 2. The van der Waals surface area contributed by atoms with Crippen LogP contribution >= 0.6 is 0 Å². The van der Waals surface area contributed by atoms with Crippen molar-refractivity contribution >= 4 is 5.96 Å². The first-order valence-electron chi connectivity index (χ1n) is 7.67.